The third kappa shape index (κ3) is 9.71. The van der Waals surface area contributed by atoms with Crippen LogP contribution in [0.25, 0.3) is 6.08 Å². The van der Waals surface area contributed by atoms with Gasteiger partial charge in [0.25, 0.3) is 11.8 Å². The Labute approximate surface area is 223 Å². The molecule has 39 heavy (non-hydrogen) atoms. The Hall–Kier alpha value is -4.51. The van der Waals surface area contributed by atoms with Crippen molar-refractivity contribution in [2.45, 2.75) is 12.8 Å². The molecule has 0 radical (unpaired) electrons. The molecular formula is C28H27F3N2O6. The van der Waals surface area contributed by atoms with E-state index in [0.29, 0.717) is 24.3 Å². The molecule has 0 heterocycles. The molecule has 3 rings (SSSR count). The van der Waals surface area contributed by atoms with Crippen LogP contribution < -0.4 is 24.8 Å². The van der Waals surface area contributed by atoms with E-state index in [1.807, 2.05) is 24.3 Å². The van der Waals surface area contributed by atoms with Gasteiger partial charge in [-0.2, -0.15) is 0 Å². The van der Waals surface area contributed by atoms with Gasteiger partial charge in [-0.15, -0.1) is 13.2 Å². The summed E-state index contributed by atoms with van der Waals surface area (Å²) in [7, 11) is 1.60. The second kappa shape index (κ2) is 13.9. The molecule has 0 aliphatic heterocycles. The number of aliphatic hydroxyl groups is 1. The lowest BCUT2D eigenvalue weighted by molar-refractivity contribution is -0.274. The number of carbonyl (C=O) groups is 2. The van der Waals surface area contributed by atoms with Gasteiger partial charge < -0.3 is 30.0 Å². The molecule has 3 aromatic rings. The third-order valence-corrected chi connectivity index (χ3v) is 5.22. The predicted molar refractivity (Wildman–Crippen MR) is 137 cm³/mol. The van der Waals surface area contributed by atoms with Crippen LogP contribution in [0.4, 0.5) is 13.2 Å². The van der Waals surface area contributed by atoms with Gasteiger partial charge in [0.2, 0.25) is 0 Å². The summed E-state index contributed by atoms with van der Waals surface area (Å²) in [6.45, 7) is 0.0192. The number of hydrogen-bond acceptors (Lipinski definition) is 6. The smallest absolute Gasteiger partial charge is 0.497 e. The molecule has 0 unspecified atom stereocenters. The summed E-state index contributed by atoms with van der Waals surface area (Å²) in [5.74, 6) is -0.410. The van der Waals surface area contributed by atoms with Crippen LogP contribution in [-0.2, 0) is 11.2 Å². The topological polar surface area (TPSA) is 106 Å². The van der Waals surface area contributed by atoms with Gasteiger partial charge in [0.1, 0.15) is 22.9 Å². The molecule has 11 heteroatoms. The highest BCUT2D eigenvalue weighted by Crippen LogP contribution is 2.23. The molecule has 0 aromatic heterocycles. The molecule has 0 fully saturated rings. The fourth-order valence-electron chi connectivity index (χ4n) is 3.37. The summed E-state index contributed by atoms with van der Waals surface area (Å²) in [6.07, 6.45) is -2.89. The average molecular weight is 545 g/mol. The van der Waals surface area contributed by atoms with Gasteiger partial charge in [-0.05, 0) is 65.7 Å². The molecule has 3 aromatic carbocycles. The van der Waals surface area contributed by atoms with Crippen LogP contribution in [0.2, 0.25) is 0 Å². The number of ether oxygens (including phenoxy) is 3. The minimum atomic E-state index is -4.84. The fraction of sp³-hybridized carbons (Fsp3) is 0.214. The molecule has 0 aliphatic carbocycles. The maximum atomic E-state index is 12.8. The standard InChI is InChI=1S/C28H27F3N2O6/c1-37-24-4-2-3-19(17-24)13-16-38-22-11-7-21(8-12-22)26(35)33-25(27(36)32-14-15-34)18-20-5-9-23(10-6-20)39-28(29,30)31/h2-12,17-18,34H,13-16H2,1H3,(H,32,36)(H,33,35). The Balaban J connectivity index is 1.65. The SMILES string of the molecule is COc1cccc(CCOc2ccc(C(=O)NC(=Cc3ccc(OC(F)(F)F)cc3)C(=O)NCCO)cc2)c1. The largest absolute Gasteiger partial charge is 0.573 e. The Morgan fingerprint density at radius 1 is 0.949 bits per heavy atom. The summed E-state index contributed by atoms with van der Waals surface area (Å²) in [5, 5.41) is 13.9. The Morgan fingerprint density at radius 3 is 2.28 bits per heavy atom. The van der Waals surface area contributed by atoms with E-state index in [1.54, 1.807) is 19.2 Å². The number of benzene rings is 3. The van der Waals surface area contributed by atoms with Gasteiger partial charge in [0.05, 0.1) is 20.3 Å². The van der Waals surface area contributed by atoms with Gasteiger partial charge in [0, 0.05) is 18.5 Å². The molecule has 0 saturated carbocycles. The maximum Gasteiger partial charge on any atom is 0.573 e. The second-order valence-electron chi connectivity index (χ2n) is 8.08. The summed E-state index contributed by atoms with van der Waals surface area (Å²) in [5.41, 5.74) is 1.45. The zero-order valence-corrected chi connectivity index (χ0v) is 21.0. The van der Waals surface area contributed by atoms with Crippen LogP contribution >= 0.6 is 0 Å². The Kier molecular flexibility index (Phi) is 10.3. The first-order valence-electron chi connectivity index (χ1n) is 11.8. The highest BCUT2D eigenvalue weighted by Gasteiger charge is 2.31. The number of hydrogen-bond donors (Lipinski definition) is 3. The first-order valence-corrected chi connectivity index (χ1v) is 11.8. The van der Waals surface area contributed by atoms with E-state index < -0.39 is 23.9 Å². The van der Waals surface area contributed by atoms with Crippen molar-refractivity contribution in [3.63, 3.8) is 0 Å². The number of amides is 2. The normalized spacial score (nSPS) is 11.5. The summed E-state index contributed by atoms with van der Waals surface area (Å²) in [6, 6.07) is 18.7. The van der Waals surface area contributed by atoms with Crippen LogP contribution in [-0.4, -0.2) is 50.2 Å². The Morgan fingerprint density at radius 2 is 1.64 bits per heavy atom. The zero-order valence-electron chi connectivity index (χ0n) is 21.0. The van der Waals surface area contributed by atoms with Gasteiger partial charge in [0.15, 0.2) is 0 Å². The number of aliphatic hydroxyl groups excluding tert-OH is 1. The van der Waals surface area contributed by atoms with Crippen molar-refractivity contribution >= 4 is 17.9 Å². The molecule has 0 atom stereocenters. The lowest BCUT2D eigenvalue weighted by Gasteiger charge is -2.12. The van der Waals surface area contributed by atoms with Gasteiger partial charge in [-0.3, -0.25) is 9.59 Å². The van der Waals surface area contributed by atoms with E-state index >= 15 is 0 Å². The van der Waals surface area contributed by atoms with E-state index in [1.165, 1.54) is 30.3 Å². The van der Waals surface area contributed by atoms with Gasteiger partial charge >= 0.3 is 6.36 Å². The number of halogens is 3. The lowest BCUT2D eigenvalue weighted by Crippen LogP contribution is -2.36. The summed E-state index contributed by atoms with van der Waals surface area (Å²) in [4.78, 5) is 25.4. The van der Waals surface area contributed by atoms with E-state index in [9.17, 15) is 22.8 Å². The molecule has 3 N–H and O–H groups in total. The first-order chi connectivity index (χ1) is 18.7. The van der Waals surface area contributed by atoms with E-state index in [4.69, 9.17) is 14.6 Å². The minimum absolute atomic E-state index is 0.0633. The van der Waals surface area contributed by atoms with Crippen LogP contribution in [0, 0.1) is 0 Å². The zero-order chi connectivity index (χ0) is 28.3. The van der Waals surface area contributed by atoms with Crippen LogP contribution in [0.3, 0.4) is 0 Å². The van der Waals surface area contributed by atoms with Crippen molar-refractivity contribution in [1.29, 1.82) is 0 Å². The van der Waals surface area contributed by atoms with E-state index in [2.05, 4.69) is 15.4 Å². The van der Waals surface area contributed by atoms with Crippen molar-refractivity contribution in [3.8, 4) is 17.2 Å². The molecule has 0 saturated heterocycles. The van der Waals surface area contributed by atoms with Gasteiger partial charge in [-0.25, -0.2) is 0 Å². The summed E-state index contributed by atoms with van der Waals surface area (Å²) >= 11 is 0. The lowest BCUT2D eigenvalue weighted by atomic mass is 10.1. The number of methoxy groups -OCH3 is 1. The molecular weight excluding hydrogens is 517 g/mol. The average Bonchev–Trinajstić information content (AvgIpc) is 2.92. The first kappa shape index (κ1) is 29.1. The number of carbonyl (C=O) groups excluding carboxylic acids is 2. The molecule has 206 valence electrons. The molecule has 0 bridgehead atoms. The predicted octanol–water partition coefficient (Wildman–Crippen LogP) is 4.09. The second-order valence-corrected chi connectivity index (χ2v) is 8.08. The molecule has 0 spiro atoms. The fourth-order valence-corrected chi connectivity index (χ4v) is 3.37. The molecule has 8 nitrogen and oxygen atoms in total. The van der Waals surface area contributed by atoms with E-state index in [-0.39, 0.29) is 24.4 Å². The van der Waals surface area contributed by atoms with Gasteiger partial charge in [-0.1, -0.05) is 24.3 Å². The third-order valence-electron chi connectivity index (χ3n) is 5.22. The number of rotatable bonds is 12. The summed E-state index contributed by atoms with van der Waals surface area (Å²) < 4.78 is 52.0. The van der Waals surface area contributed by atoms with Crippen LogP contribution in [0.5, 0.6) is 17.2 Å². The monoisotopic (exact) mass is 544 g/mol. The van der Waals surface area contributed by atoms with Crippen molar-refractivity contribution < 1.29 is 42.1 Å². The van der Waals surface area contributed by atoms with Crippen molar-refractivity contribution in [3.05, 3.63) is 95.2 Å². The minimum Gasteiger partial charge on any atom is -0.497 e. The van der Waals surface area contributed by atoms with Crippen LogP contribution in [0.1, 0.15) is 21.5 Å². The quantitative estimate of drug-likeness (QED) is 0.297. The highest BCUT2D eigenvalue weighted by atomic mass is 19.4. The van der Waals surface area contributed by atoms with Crippen molar-refractivity contribution in [1.82, 2.24) is 10.6 Å². The molecule has 2 amide bonds. The van der Waals surface area contributed by atoms with Crippen molar-refractivity contribution in [2.24, 2.45) is 0 Å². The number of alkyl halides is 3. The number of nitrogens with one attached hydrogen (secondary N) is 2. The van der Waals surface area contributed by atoms with Crippen LogP contribution in [0.15, 0.2) is 78.5 Å². The Bertz CT molecular complexity index is 1280. The highest BCUT2D eigenvalue weighted by molar-refractivity contribution is 6.05. The van der Waals surface area contributed by atoms with E-state index in [0.717, 1.165) is 23.4 Å². The maximum absolute atomic E-state index is 12.8. The molecule has 0 aliphatic rings. The van der Waals surface area contributed by atoms with Crippen molar-refractivity contribution in [2.75, 3.05) is 26.9 Å².